The maximum absolute atomic E-state index is 13.0. The van der Waals surface area contributed by atoms with Crippen molar-refractivity contribution in [1.82, 2.24) is 0 Å². The Bertz CT molecular complexity index is 772. The molecular formula is C21H23FN2O2S. The van der Waals surface area contributed by atoms with Crippen LogP contribution in [-0.4, -0.2) is 24.8 Å². The molecule has 0 aromatic heterocycles. The topological polar surface area (TPSA) is 53.3 Å². The molecule has 2 rings (SSSR count). The minimum atomic E-state index is -0.273. The molecule has 27 heavy (non-hydrogen) atoms. The molecule has 4 nitrogen and oxygen atoms in total. The van der Waals surface area contributed by atoms with Gasteiger partial charge in [0.25, 0.3) is 0 Å². The van der Waals surface area contributed by atoms with E-state index in [0.717, 1.165) is 17.0 Å². The number of benzene rings is 2. The second-order valence-electron chi connectivity index (χ2n) is 5.89. The third kappa shape index (κ3) is 6.30. The number of nitrogens with zero attached hydrogens (tertiary/aromatic N) is 2. The fourth-order valence-corrected chi connectivity index (χ4v) is 3.45. The molecule has 1 amide bonds. The van der Waals surface area contributed by atoms with E-state index in [1.54, 1.807) is 17.0 Å². The summed E-state index contributed by atoms with van der Waals surface area (Å²) in [6.45, 7) is 4.82. The Hall–Kier alpha value is -2.52. The normalized spacial score (nSPS) is 11.5. The number of nitriles is 1. The van der Waals surface area contributed by atoms with Crippen molar-refractivity contribution in [1.29, 1.82) is 5.26 Å². The minimum Gasteiger partial charge on any atom is -0.494 e. The van der Waals surface area contributed by atoms with E-state index < -0.39 is 0 Å². The largest absolute Gasteiger partial charge is 0.494 e. The number of amides is 1. The van der Waals surface area contributed by atoms with Gasteiger partial charge in [0.1, 0.15) is 11.6 Å². The van der Waals surface area contributed by atoms with E-state index in [1.165, 1.54) is 23.9 Å². The Morgan fingerprint density at radius 3 is 2.48 bits per heavy atom. The van der Waals surface area contributed by atoms with Crippen LogP contribution in [0.1, 0.15) is 31.1 Å². The van der Waals surface area contributed by atoms with Gasteiger partial charge < -0.3 is 9.64 Å². The zero-order valence-corrected chi connectivity index (χ0v) is 16.3. The summed E-state index contributed by atoms with van der Waals surface area (Å²) in [6.07, 6.45) is 0.261. The Morgan fingerprint density at radius 2 is 1.89 bits per heavy atom. The summed E-state index contributed by atoms with van der Waals surface area (Å²) < 4.78 is 18.5. The highest BCUT2D eigenvalue weighted by molar-refractivity contribution is 8.00. The van der Waals surface area contributed by atoms with E-state index in [9.17, 15) is 9.18 Å². The van der Waals surface area contributed by atoms with Gasteiger partial charge in [0.15, 0.2) is 0 Å². The summed E-state index contributed by atoms with van der Waals surface area (Å²) in [5.74, 6) is 0.684. The summed E-state index contributed by atoms with van der Waals surface area (Å²) in [5.41, 5.74) is 1.72. The lowest BCUT2D eigenvalue weighted by molar-refractivity contribution is -0.116. The predicted octanol–water partition coefficient (Wildman–Crippen LogP) is 4.97. The van der Waals surface area contributed by atoms with Crippen molar-refractivity contribution < 1.29 is 13.9 Å². The summed E-state index contributed by atoms with van der Waals surface area (Å²) in [4.78, 5) is 14.4. The van der Waals surface area contributed by atoms with Gasteiger partial charge in [0, 0.05) is 17.5 Å². The number of hydrogen-bond acceptors (Lipinski definition) is 4. The van der Waals surface area contributed by atoms with Crippen molar-refractivity contribution in [2.75, 3.05) is 23.8 Å². The first-order valence-electron chi connectivity index (χ1n) is 8.82. The fourth-order valence-electron chi connectivity index (χ4n) is 2.55. The van der Waals surface area contributed by atoms with Crippen molar-refractivity contribution in [2.24, 2.45) is 0 Å². The van der Waals surface area contributed by atoms with Crippen LogP contribution in [0.25, 0.3) is 0 Å². The van der Waals surface area contributed by atoms with E-state index in [1.807, 2.05) is 38.1 Å². The summed E-state index contributed by atoms with van der Waals surface area (Å²) >= 11 is 1.49. The quantitative estimate of drug-likeness (QED) is 0.611. The van der Waals surface area contributed by atoms with Crippen LogP contribution in [0.5, 0.6) is 5.75 Å². The van der Waals surface area contributed by atoms with Gasteiger partial charge in [-0.1, -0.05) is 12.1 Å². The first-order valence-corrected chi connectivity index (χ1v) is 9.87. The summed E-state index contributed by atoms with van der Waals surface area (Å²) in [5, 5.41) is 8.97. The molecular weight excluding hydrogens is 363 g/mol. The molecule has 0 spiro atoms. The molecule has 0 fully saturated rings. The van der Waals surface area contributed by atoms with Gasteiger partial charge >= 0.3 is 0 Å². The molecule has 1 atom stereocenters. The van der Waals surface area contributed by atoms with Gasteiger partial charge in [-0.15, -0.1) is 11.8 Å². The Kier molecular flexibility index (Phi) is 8.15. The zero-order valence-electron chi connectivity index (χ0n) is 15.5. The fraction of sp³-hybridized carbons (Fsp3) is 0.333. The maximum atomic E-state index is 13.0. The van der Waals surface area contributed by atoms with E-state index in [4.69, 9.17) is 10.00 Å². The van der Waals surface area contributed by atoms with Crippen LogP contribution in [0.15, 0.2) is 48.5 Å². The summed E-state index contributed by atoms with van der Waals surface area (Å²) in [7, 11) is 0. The highest BCUT2D eigenvalue weighted by Crippen LogP contribution is 2.29. The lowest BCUT2D eigenvalue weighted by Crippen LogP contribution is -2.33. The third-order valence-electron chi connectivity index (χ3n) is 4.00. The number of carbonyl (C=O) groups excluding carboxylic acids is 1. The van der Waals surface area contributed by atoms with Crippen molar-refractivity contribution in [3.05, 3.63) is 59.9 Å². The van der Waals surface area contributed by atoms with Crippen molar-refractivity contribution >= 4 is 23.4 Å². The van der Waals surface area contributed by atoms with E-state index in [-0.39, 0.29) is 29.1 Å². The lowest BCUT2D eigenvalue weighted by atomic mass is 10.2. The predicted molar refractivity (Wildman–Crippen MR) is 107 cm³/mol. The molecule has 0 aliphatic carbocycles. The summed E-state index contributed by atoms with van der Waals surface area (Å²) in [6, 6.07) is 15.7. The van der Waals surface area contributed by atoms with Gasteiger partial charge in [-0.2, -0.15) is 5.26 Å². The molecule has 0 saturated carbocycles. The number of ether oxygens (including phenoxy) is 1. The van der Waals surface area contributed by atoms with Gasteiger partial charge in [-0.05, 0) is 55.8 Å². The van der Waals surface area contributed by atoms with Gasteiger partial charge in [0.2, 0.25) is 5.91 Å². The van der Waals surface area contributed by atoms with Crippen molar-refractivity contribution in [2.45, 2.75) is 25.5 Å². The molecule has 0 heterocycles. The number of thioether (sulfide) groups is 1. The van der Waals surface area contributed by atoms with Gasteiger partial charge in [-0.25, -0.2) is 4.39 Å². The monoisotopic (exact) mass is 386 g/mol. The number of rotatable bonds is 9. The molecule has 142 valence electrons. The molecule has 0 aliphatic rings. The molecule has 0 aliphatic heterocycles. The van der Waals surface area contributed by atoms with E-state index in [0.29, 0.717) is 13.2 Å². The van der Waals surface area contributed by atoms with Crippen molar-refractivity contribution in [3.8, 4) is 11.8 Å². The molecule has 0 saturated heterocycles. The standard InChI is InChI=1S/C21H23FN2O2S/c1-3-26-20-11-9-19(10-12-20)24(14-4-13-23)21(25)15-27-16(2)17-5-7-18(22)8-6-17/h5-12,16H,3-4,14-15H2,1-2H3. The molecule has 6 heteroatoms. The Labute approximate surface area is 163 Å². The van der Waals surface area contributed by atoms with Crippen LogP contribution in [-0.2, 0) is 4.79 Å². The Morgan fingerprint density at radius 1 is 1.22 bits per heavy atom. The minimum absolute atomic E-state index is 0.0617. The molecule has 1 unspecified atom stereocenters. The molecule has 2 aromatic carbocycles. The first kappa shape index (κ1) is 20.8. The number of carbonyl (C=O) groups is 1. The Balaban J connectivity index is 2.03. The van der Waals surface area contributed by atoms with Crippen molar-refractivity contribution in [3.63, 3.8) is 0 Å². The molecule has 0 radical (unpaired) electrons. The van der Waals surface area contributed by atoms with Crippen LogP contribution in [0, 0.1) is 17.1 Å². The van der Waals surface area contributed by atoms with Crippen LogP contribution in [0.4, 0.5) is 10.1 Å². The number of anilines is 1. The maximum Gasteiger partial charge on any atom is 0.237 e. The number of hydrogen-bond donors (Lipinski definition) is 0. The first-order chi connectivity index (χ1) is 13.0. The van der Waals surface area contributed by atoms with E-state index >= 15 is 0 Å². The average molecular weight is 386 g/mol. The van der Waals surface area contributed by atoms with Crippen LogP contribution >= 0.6 is 11.8 Å². The smallest absolute Gasteiger partial charge is 0.237 e. The second-order valence-corrected chi connectivity index (χ2v) is 7.21. The van der Waals surface area contributed by atoms with Gasteiger partial charge in [0.05, 0.1) is 24.8 Å². The highest BCUT2D eigenvalue weighted by atomic mass is 32.2. The third-order valence-corrected chi connectivity index (χ3v) is 5.19. The second kappa shape index (κ2) is 10.6. The zero-order chi connectivity index (χ0) is 19.6. The van der Waals surface area contributed by atoms with Gasteiger partial charge in [-0.3, -0.25) is 4.79 Å². The van der Waals surface area contributed by atoms with Crippen LogP contribution in [0.3, 0.4) is 0 Å². The average Bonchev–Trinajstić information content (AvgIpc) is 2.68. The number of halogens is 1. The molecule has 0 bridgehead atoms. The van der Waals surface area contributed by atoms with Crippen LogP contribution < -0.4 is 9.64 Å². The highest BCUT2D eigenvalue weighted by Gasteiger charge is 2.17. The van der Waals surface area contributed by atoms with Crippen LogP contribution in [0.2, 0.25) is 0 Å². The molecule has 2 aromatic rings. The lowest BCUT2D eigenvalue weighted by Gasteiger charge is -2.23. The van der Waals surface area contributed by atoms with E-state index in [2.05, 4.69) is 6.07 Å². The SMILES string of the molecule is CCOc1ccc(N(CCC#N)C(=O)CSC(C)c2ccc(F)cc2)cc1. The molecule has 0 N–H and O–H groups in total.